The second kappa shape index (κ2) is 11.0. The summed E-state index contributed by atoms with van der Waals surface area (Å²) >= 11 is 0. The number of allylic oxidation sites excluding steroid dienone is 2. The Bertz CT molecular complexity index is 1130. The molecule has 2 aromatic heterocycles. The van der Waals surface area contributed by atoms with E-state index in [1.54, 1.807) is 32.6 Å². The highest BCUT2D eigenvalue weighted by Gasteiger charge is 2.12. The monoisotopic (exact) mass is 428 g/mol. The van der Waals surface area contributed by atoms with Crippen LogP contribution in [0.5, 0.6) is 5.88 Å². The van der Waals surface area contributed by atoms with Gasteiger partial charge in [-0.2, -0.15) is 0 Å². The van der Waals surface area contributed by atoms with Crippen LogP contribution in [0.4, 0.5) is 0 Å². The summed E-state index contributed by atoms with van der Waals surface area (Å²) in [5.41, 5.74) is 6.65. The molecule has 1 amide bonds. The van der Waals surface area contributed by atoms with Crippen LogP contribution in [0.15, 0.2) is 65.9 Å². The van der Waals surface area contributed by atoms with Crippen molar-refractivity contribution in [2.75, 3.05) is 14.2 Å². The number of rotatable bonds is 8. The van der Waals surface area contributed by atoms with Crippen molar-refractivity contribution < 1.29 is 9.53 Å². The molecule has 0 radical (unpaired) electrons. The molecule has 0 spiro atoms. The maximum Gasteiger partial charge on any atom is 0.251 e. The third-order valence-corrected chi connectivity index (χ3v) is 5.24. The SMILES string of the molecule is C/C=C(\C=NC)c1cc(Cc2cccc(C(=O)NCc3ccc(OC)nc3)c2C)ccn1. The third kappa shape index (κ3) is 5.66. The molecule has 0 aliphatic carbocycles. The van der Waals surface area contributed by atoms with Crippen molar-refractivity contribution in [3.05, 3.63) is 94.4 Å². The molecule has 2 heterocycles. The summed E-state index contributed by atoms with van der Waals surface area (Å²) in [7, 11) is 3.32. The van der Waals surface area contributed by atoms with Gasteiger partial charge in [-0.1, -0.05) is 24.3 Å². The summed E-state index contributed by atoms with van der Waals surface area (Å²) in [5.74, 6) is 0.442. The maximum absolute atomic E-state index is 12.8. The minimum absolute atomic E-state index is 0.106. The largest absolute Gasteiger partial charge is 0.481 e. The summed E-state index contributed by atoms with van der Waals surface area (Å²) in [6.07, 6.45) is 8.03. The van der Waals surface area contributed by atoms with E-state index in [1.165, 1.54) is 0 Å². The highest BCUT2D eigenvalue weighted by molar-refractivity contribution is 6.08. The van der Waals surface area contributed by atoms with E-state index in [0.717, 1.165) is 33.5 Å². The van der Waals surface area contributed by atoms with Crippen LogP contribution in [0.3, 0.4) is 0 Å². The number of nitrogens with one attached hydrogen (secondary N) is 1. The molecule has 0 unspecified atom stereocenters. The Balaban J connectivity index is 1.74. The molecular weight excluding hydrogens is 400 g/mol. The van der Waals surface area contributed by atoms with Crippen LogP contribution in [-0.2, 0) is 13.0 Å². The van der Waals surface area contributed by atoms with Crippen LogP contribution in [-0.4, -0.2) is 36.2 Å². The van der Waals surface area contributed by atoms with Gasteiger partial charge >= 0.3 is 0 Å². The summed E-state index contributed by atoms with van der Waals surface area (Å²) < 4.78 is 5.07. The fraction of sp³-hybridized carbons (Fsp3) is 0.231. The lowest BCUT2D eigenvalue weighted by Gasteiger charge is -2.13. The summed E-state index contributed by atoms with van der Waals surface area (Å²) in [6, 6.07) is 13.6. The van der Waals surface area contributed by atoms with E-state index in [-0.39, 0.29) is 5.91 Å². The Morgan fingerprint density at radius 3 is 2.69 bits per heavy atom. The Kier molecular flexibility index (Phi) is 7.86. The molecule has 164 valence electrons. The molecule has 0 atom stereocenters. The zero-order valence-electron chi connectivity index (χ0n) is 18.9. The Labute approximate surface area is 189 Å². The van der Waals surface area contributed by atoms with E-state index in [2.05, 4.69) is 32.4 Å². The lowest BCUT2D eigenvalue weighted by atomic mass is 9.96. The second-order valence-electron chi connectivity index (χ2n) is 7.34. The molecule has 6 heteroatoms. The first-order valence-electron chi connectivity index (χ1n) is 10.4. The Morgan fingerprint density at radius 1 is 1.16 bits per heavy atom. The van der Waals surface area contributed by atoms with Crippen molar-refractivity contribution >= 4 is 17.7 Å². The standard InChI is InChI=1S/C26H28N4O2/c1-5-21(17-27-3)24-14-19(11-12-28-24)13-22-7-6-8-23(18(22)2)26(31)30-16-20-9-10-25(32-4)29-15-20/h5-12,14-15,17H,13,16H2,1-4H3,(H,30,31)/b21-5+,27-17?. The first-order chi connectivity index (χ1) is 15.5. The van der Waals surface area contributed by atoms with Crippen LogP contribution in [0.25, 0.3) is 5.57 Å². The Hall–Kier alpha value is -3.80. The van der Waals surface area contributed by atoms with Crippen LogP contribution in [0, 0.1) is 6.92 Å². The van der Waals surface area contributed by atoms with Crippen molar-refractivity contribution in [2.45, 2.75) is 26.8 Å². The number of carbonyl (C=O) groups is 1. The topological polar surface area (TPSA) is 76.5 Å². The molecule has 1 N–H and O–H groups in total. The third-order valence-electron chi connectivity index (χ3n) is 5.24. The van der Waals surface area contributed by atoms with Crippen LogP contribution >= 0.6 is 0 Å². The number of aromatic nitrogens is 2. The fourth-order valence-electron chi connectivity index (χ4n) is 3.42. The minimum atomic E-state index is -0.106. The number of ether oxygens (including phenoxy) is 1. The molecule has 32 heavy (non-hydrogen) atoms. The maximum atomic E-state index is 12.8. The van der Waals surface area contributed by atoms with Gasteiger partial charge in [-0.05, 0) is 60.7 Å². The van der Waals surface area contributed by atoms with Gasteiger partial charge in [-0.25, -0.2) is 4.98 Å². The van der Waals surface area contributed by atoms with Crippen molar-refractivity contribution in [1.82, 2.24) is 15.3 Å². The molecule has 0 aliphatic rings. The first-order valence-corrected chi connectivity index (χ1v) is 10.4. The van der Waals surface area contributed by atoms with Gasteiger partial charge in [0.1, 0.15) is 0 Å². The number of aliphatic imine (C=N–C) groups is 1. The van der Waals surface area contributed by atoms with Crippen molar-refractivity contribution in [2.24, 2.45) is 4.99 Å². The van der Waals surface area contributed by atoms with E-state index in [4.69, 9.17) is 4.74 Å². The van der Waals surface area contributed by atoms with Crippen LogP contribution in [0.1, 0.15) is 45.2 Å². The van der Waals surface area contributed by atoms with Gasteiger partial charge < -0.3 is 10.1 Å². The van der Waals surface area contributed by atoms with E-state index < -0.39 is 0 Å². The molecular formula is C26H28N4O2. The van der Waals surface area contributed by atoms with Crippen molar-refractivity contribution in [1.29, 1.82) is 0 Å². The van der Waals surface area contributed by atoms with Gasteiger partial charge in [0.25, 0.3) is 5.91 Å². The summed E-state index contributed by atoms with van der Waals surface area (Å²) in [5, 5.41) is 2.98. The molecule has 0 bridgehead atoms. The van der Waals surface area contributed by atoms with Gasteiger partial charge in [-0.15, -0.1) is 0 Å². The van der Waals surface area contributed by atoms with E-state index in [9.17, 15) is 4.79 Å². The number of methoxy groups -OCH3 is 1. The number of hydrogen-bond donors (Lipinski definition) is 1. The number of pyridine rings is 2. The lowest BCUT2D eigenvalue weighted by Crippen LogP contribution is -2.24. The quantitative estimate of drug-likeness (QED) is 0.539. The zero-order chi connectivity index (χ0) is 22.9. The molecule has 3 aromatic rings. The average Bonchev–Trinajstić information content (AvgIpc) is 2.83. The molecule has 3 rings (SSSR count). The normalized spacial score (nSPS) is 11.6. The highest BCUT2D eigenvalue weighted by atomic mass is 16.5. The highest BCUT2D eigenvalue weighted by Crippen LogP contribution is 2.20. The van der Waals surface area contributed by atoms with E-state index in [0.29, 0.717) is 24.4 Å². The van der Waals surface area contributed by atoms with Crippen LogP contribution in [0.2, 0.25) is 0 Å². The van der Waals surface area contributed by atoms with Crippen molar-refractivity contribution in [3.63, 3.8) is 0 Å². The predicted octanol–water partition coefficient (Wildman–Crippen LogP) is 4.42. The summed E-state index contributed by atoms with van der Waals surface area (Å²) in [6.45, 7) is 4.36. The molecule has 0 saturated heterocycles. The molecule has 1 aromatic carbocycles. The number of benzene rings is 1. The molecule has 0 aliphatic heterocycles. The number of carbonyl (C=O) groups excluding carboxylic acids is 1. The second-order valence-corrected chi connectivity index (χ2v) is 7.34. The predicted molar refractivity (Wildman–Crippen MR) is 128 cm³/mol. The van der Waals surface area contributed by atoms with Gasteiger partial charge in [0.05, 0.1) is 12.8 Å². The number of nitrogens with zero attached hydrogens (tertiary/aromatic N) is 3. The van der Waals surface area contributed by atoms with E-state index >= 15 is 0 Å². The minimum Gasteiger partial charge on any atom is -0.481 e. The van der Waals surface area contributed by atoms with E-state index in [1.807, 2.05) is 50.4 Å². The number of amides is 1. The molecule has 0 fully saturated rings. The zero-order valence-corrected chi connectivity index (χ0v) is 18.9. The molecule has 0 saturated carbocycles. The summed E-state index contributed by atoms with van der Waals surface area (Å²) in [4.78, 5) is 25.6. The fourth-order valence-corrected chi connectivity index (χ4v) is 3.42. The molecule has 6 nitrogen and oxygen atoms in total. The van der Waals surface area contributed by atoms with Gasteiger partial charge in [0, 0.05) is 49.4 Å². The Morgan fingerprint density at radius 2 is 2.00 bits per heavy atom. The van der Waals surface area contributed by atoms with Crippen LogP contribution < -0.4 is 10.1 Å². The first kappa shape index (κ1) is 22.9. The smallest absolute Gasteiger partial charge is 0.251 e. The van der Waals surface area contributed by atoms with Gasteiger partial charge in [-0.3, -0.25) is 14.8 Å². The van der Waals surface area contributed by atoms with Crippen molar-refractivity contribution in [3.8, 4) is 5.88 Å². The lowest BCUT2D eigenvalue weighted by molar-refractivity contribution is 0.0950. The average molecular weight is 429 g/mol. The number of hydrogen-bond acceptors (Lipinski definition) is 5. The van der Waals surface area contributed by atoms with Gasteiger partial charge in [0.2, 0.25) is 5.88 Å². The van der Waals surface area contributed by atoms with Gasteiger partial charge in [0.15, 0.2) is 0 Å².